The number of methoxy groups -OCH3 is 1. The van der Waals surface area contributed by atoms with Gasteiger partial charge in [0.05, 0.1) is 12.0 Å². The van der Waals surface area contributed by atoms with Crippen molar-refractivity contribution in [1.82, 2.24) is 10.2 Å². The predicted molar refractivity (Wildman–Crippen MR) is 106 cm³/mol. The molecule has 0 spiro atoms. The standard InChI is InChI=1S/C21H24N2O3S/c1-13-17(14-5-9-16(26-2)10-6-14)12-19(27-13)21(25)23-11-3-4-18(23)20(24)22-15-7-8-15/h5-6,9-10,12,15,18H,3-4,7-8,11H2,1-2H3,(H,22,24). The summed E-state index contributed by atoms with van der Waals surface area (Å²) in [4.78, 5) is 29.1. The number of benzene rings is 1. The minimum absolute atomic E-state index is 0.00649. The maximum Gasteiger partial charge on any atom is 0.264 e. The van der Waals surface area contributed by atoms with Crippen LogP contribution in [0.15, 0.2) is 30.3 Å². The summed E-state index contributed by atoms with van der Waals surface area (Å²) in [5, 5.41) is 3.04. The van der Waals surface area contributed by atoms with Crippen molar-refractivity contribution in [2.24, 2.45) is 0 Å². The Hall–Kier alpha value is -2.34. The Bertz CT molecular complexity index is 855. The zero-order chi connectivity index (χ0) is 19.0. The lowest BCUT2D eigenvalue weighted by Crippen LogP contribution is -2.46. The van der Waals surface area contributed by atoms with Crippen LogP contribution < -0.4 is 10.1 Å². The SMILES string of the molecule is COc1ccc(-c2cc(C(=O)N3CCCC3C(=O)NC3CC3)sc2C)cc1. The van der Waals surface area contributed by atoms with E-state index < -0.39 is 0 Å². The highest BCUT2D eigenvalue weighted by Crippen LogP contribution is 2.34. The number of aryl methyl sites for hydroxylation is 1. The second-order valence-electron chi connectivity index (χ2n) is 7.25. The van der Waals surface area contributed by atoms with Crippen LogP contribution in [0.25, 0.3) is 11.1 Å². The molecule has 1 saturated carbocycles. The maximum atomic E-state index is 13.1. The molecule has 0 radical (unpaired) electrons. The van der Waals surface area contributed by atoms with Crippen LogP contribution in [0.3, 0.4) is 0 Å². The van der Waals surface area contributed by atoms with Gasteiger partial charge in [-0.25, -0.2) is 0 Å². The monoisotopic (exact) mass is 384 g/mol. The quantitative estimate of drug-likeness (QED) is 0.857. The number of nitrogens with zero attached hydrogens (tertiary/aromatic N) is 1. The summed E-state index contributed by atoms with van der Waals surface area (Å²) in [5.74, 6) is 0.785. The van der Waals surface area contributed by atoms with Crippen molar-refractivity contribution in [3.05, 3.63) is 40.1 Å². The van der Waals surface area contributed by atoms with Crippen molar-refractivity contribution in [3.63, 3.8) is 0 Å². The largest absolute Gasteiger partial charge is 0.497 e. The van der Waals surface area contributed by atoms with E-state index in [2.05, 4.69) is 5.32 Å². The molecule has 1 N–H and O–H groups in total. The molecule has 27 heavy (non-hydrogen) atoms. The van der Waals surface area contributed by atoms with Crippen LogP contribution in [0.4, 0.5) is 0 Å². The highest BCUT2D eigenvalue weighted by Gasteiger charge is 2.37. The molecule has 1 aliphatic carbocycles. The number of carbonyl (C=O) groups is 2. The van der Waals surface area contributed by atoms with Crippen LogP contribution in [0, 0.1) is 6.92 Å². The van der Waals surface area contributed by atoms with Gasteiger partial charge < -0.3 is 15.0 Å². The lowest BCUT2D eigenvalue weighted by molar-refractivity contribution is -0.125. The van der Waals surface area contributed by atoms with Crippen molar-refractivity contribution in [2.45, 2.75) is 44.7 Å². The Kier molecular flexibility index (Phi) is 4.91. The molecule has 5 nitrogen and oxygen atoms in total. The van der Waals surface area contributed by atoms with Gasteiger partial charge in [0, 0.05) is 17.5 Å². The first-order chi connectivity index (χ1) is 13.1. The summed E-state index contributed by atoms with van der Waals surface area (Å²) in [5.41, 5.74) is 2.12. The topological polar surface area (TPSA) is 58.6 Å². The zero-order valence-corrected chi connectivity index (χ0v) is 16.5. The Balaban J connectivity index is 1.53. The number of nitrogens with one attached hydrogen (secondary N) is 1. The number of carbonyl (C=O) groups excluding carboxylic acids is 2. The van der Waals surface area contributed by atoms with Crippen LogP contribution in [-0.2, 0) is 4.79 Å². The number of likely N-dealkylation sites (tertiary alicyclic amines) is 1. The number of rotatable bonds is 5. The molecule has 1 aliphatic heterocycles. The second-order valence-corrected chi connectivity index (χ2v) is 8.50. The van der Waals surface area contributed by atoms with Crippen LogP contribution in [0.1, 0.15) is 40.2 Å². The minimum Gasteiger partial charge on any atom is -0.497 e. The molecular weight excluding hydrogens is 360 g/mol. The molecule has 6 heteroatoms. The van der Waals surface area contributed by atoms with Gasteiger partial charge in [-0.1, -0.05) is 12.1 Å². The normalized spacial score (nSPS) is 19.2. The van der Waals surface area contributed by atoms with Crippen molar-refractivity contribution in [1.29, 1.82) is 0 Å². The smallest absolute Gasteiger partial charge is 0.264 e. The fourth-order valence-corrected chi connectivity index (χ4v) is 4.59. The molecule has 142 valence electrons. The molecule has 1 saturated heterocycles. The molecule has 1 aromatic carbocycles. The van der Waals surface area contributed by atoms with Crippen molar-refractivity contribution < 1.29 is 14.3 Å². The fraction of sp³-hybridized carbons (Fsp3) is 0.429. The molecule has 4 rings (SSSR count). The molecule has 2 aliphatic rings. The van der Waals surface area contributed by atoms with Gasteiger partial charge in [0.1, 0.15) is 11.8 Å². The summed E-state index contributed by atoms with van der Waals surface area (Å²) < 4.78 is 5.22. The van der Waals surface area contributed by atoms with Gasteiger partial charge in [-0.05, 0) is 61.9 Å². The van der Waals surface area contributed by atoms with Crippen LogP contribution in [0.2, 0.25) is 0 Å². The third-order valence-corrected chi connectivity index (χ3v) is 6.31. The summed E-state index contributed by atoms with van der Waals surface area (Å²) in [7, 11) is 1.65. The highest BCUT2D eigenvalue weighted by atomic mass is 32.1. The highest BCUT2D eigenvalue weighted by molar-refractivity contribution is 7.14. The minimum atomic E-state index is -0.329. The first kappa shape index (κ1) is 18.0. The van der Waals surface area contributed by atoms with Gasteiger partial charge >= 0.3 is 0 Å². The van der Waals surface area contributed by atoms with Crippen LogP contribution >= 0.6 is 11.3 Å². The van der Waals surface area contributed by atoms with Crippen LogP contribution in [0.5, 0.6) is 5.75 Å². The molecule has 1 atom stereocenters. The van der Waals surface area contributed by atoms with Gasteiger partial charge in [0.15, 0.2) is 0 Å². The molecular formula is C21H24N2O3S. The average Bonchev–Trinajstić information content (AvgIpc) is 3.20. The van der Waals surface area contributed by atoms with E-state index in [0.717, 1.165) is 47.4 Å². The van der Waals surface area contributed by atoms with Crippen LogP contribution in [-0.4, -0.2) is 42.5 Å². The average molecular weight is 385 g/mol. The van der Waals surface area contributed by atoms with E-state index in [9.17, 15) is 9.59 Å². The summed E-state index contributed by atoms with van der Waals surface area (Å²) in [6.45, 7) is 2.68. The van der Waals surface area contributed by atoms with E-state index in [0.29, 0.717) is 17.5 Å². The van der Waals surface area contributed by atoms with E-state index in [-0.39, 0.29) is 17.9 Å². The molecule has 2 fully saturated rings. The molecule has 0 bridgehead atoms. The third-order valence-electron chi connectivity index (χ3n) is 5.27. The first-order valence-electron chi connectivity index (χ1n) is 9.43. The van der Waals surface area contributed by atoms with Gasteiger partial charge in [0.2, 0.25) is 5.91 Å². The van der Waals surface area contributed by atoms with E-state index in [1.165, 1.54) is 11.3 Å². The Labute approximate surface area is 163 Å². The number of ether oxygens (including phenoxy) is 1. The lowest BCUT2D eigenvalue weighted by atomic mass is 10.1. The molecule has 2 aromatic rings. The molecule has 2 heterocycles. The Morgan fingerprint density at radius 3 is 2.59 bits per heavy atom. The maximum absolute atomic E-state index is 13.1. The van der Waals surface area contributed by atoms with Gasteiger partial charge in [-0.2, -0.15) is 0 Å². The number of hydrogen-bond acceptors (Lipinski definition) is 4. The first-order valence-corrected chi connectivity index (χ1v) is 10.2. The van der Waals surface area contributed by atoms with Gasteiger partial charge in [0.25, 0.3) is 5.91 Å². The summed E-state index contributed by atoms with van der Waals surface area (Å²) in [6, 6.07) is 9.80. The molecule has 1 aromatic heterocycles. The lowest BCUT2D eigenvalue weighted by Gasteiger charge is -2.23. The molecule has 2 amide bonds. The molecule has 1 unspecified atom stereocenters. The number of thiophene rings is 1. The fourth-order valence-electron chi connectivity index (χ4n) is 3.59. The van der Waals surface area contributed by atoms with Gasteiger partial charge in [-0.15, -0.1) is 11.3 Å². The van der Waals surface area contributed by atoms with E-state index in [4.69, 9.17) is 4.74 Å². The summed E-state index contributed by atoms with van der Waals surface area (Å²) >= 11 is 1.50. The second kappa shape index (κ2) is 7.35. The van der Waals surface area contributed by atoms with Gasteiger partial charge in [-0.3, -0.25) is 9.59 Å². The van der Waals surface area contributed by atoms with Crippen molar-refractivity contribution >= 4 is 23.2 Å². The predicted octanol–water partition coefficient (Wildman–Crippen LogP) is 3.62. The van der Waals surface area contributed by atoms with Crippen molar-refractivity contribution in [2.75, 3.05) is 13.7 Å². The van der Waals surface area contributed by atoms with E-state index in [1.54, 1.807) is 12.0 Å². The van der Waals surface area contributed by atoms with E-state index in [1.807, 2.05) is 37.3 Å². The zero-order valence-electron chi connectivity index (χ0n) is 15.7. The summed E-state index contributed by atoms with van der Waals surface area (Å²) in [6.07, 6.45) is 3.74. The third kappa shape index (κ3) is 3.72. The number of amides is 2. The van der Waals surface area contributed by atoms with E-state index >= 15 is 0 Å². The Morgan fingerprint density at radius 2 is 1.93 bits per heavy atom. The Morgan fingerprint density at radius 1 is 1.19 bits per heavy atom. The van der Waals surface area contributed by atoms with Crippen molar-refractivity contribution in [3.8, 4) is 16.9 Å². The number of hydrogen-bond donors (Lipinski definition) is 1.